The van der Waals surface area contributed by atoms with Crippen molar-refractivity contribution in [1.82, 2.24) is 14.8 Å². The van der Waals surface area contributed by atoms with E-state index in [0.29, 0.717) is 23.4 Å². The lowest BCUT2D eigenvalue weighted by atomic mass is 9.98. The van der Waals surface area contributed by atoms with Gasteiger partial charge < -0.3 is 14.5 Å². The smallest absolute Gasteiger partial charge is 0.237 e. The number of hydrogen-bond donors (Lipinski definition) is 1. The maximum atomic E-state index is 13.2. The second-order valence-corrected chi connectivity index (χ2v) is 9.95. The van der Waals surface area contributed by atoms with Crippen LogP contribution in [-0.4, -0.2) is 33.0 Å². The summed E-state index contributed by atoms with van der Waals surface area (Å²) in [5.74, 6) is 2.46. The van der Waals surface area contributed by atoms with E-state index in [1.165, 1.54) is 11.8 Å². The van der Waals surface area contributed by atoms with Crippen molar-refractivity contribution < 1.29 is 13.9 Å². The summed E-state index contributed by atoms with van der Waals surface area (Å²) >= 11 is 1.37. The zero-order valence-corrected chi connectivity index (χ0v) is 21.4. The molecule has 1 amide bonds. The van der Waals surface area contributed by atoms with E-state index in [1.807, 2.05) is 66.9 Å². The van der Waals surface area contributed by atoms with Gasteiger partial charge in [0.1, 0.15) is 11.5 Å². The third kappa shape index (κ3) is 5.59. The molecule has 4 aromatic rings. The van der Waals surface area contributed by atoms with Gasteiger partial charge in [-0.3, -0.25) is 9.36 Å². The van der Waals surface area contributed by atoms with Crippen LogP contribution in [0.3, 0.4) is 0 Å². The number of carbonyl (C=O) groups excluding carboxylic acids is 1. The number of aryl methyl sites for hydroxylation is 1. The Kier molecular flexibility index (Phi) is 7.60. The topological polar surface area (TPSA) is 82.2 Å². The van der Waals surface area contributed by atoms with E-state index in [-0.39, 0.29) is 5.91 Å². The predicted octanol–water partition coefficient (Wildman–Crippen LogP) is 6.15. The molecule has 1 N–H and O–H groups in total. The maximum Gasteiger partial charge on any atom is 0.237 e. The zero-order valence-electron chi connectivity index (χ0n) is 20.6. The number of aromatic nitrogens is 3. The molecule has 0 aliphatic heterocycles. The van der Waals surface area contributed by atoms with Crippen LogP contribution < -0.4 is 10.1 Å². The quantitative estimate of drug-likeness (QED) is 0.284. The predicted molar refractivity (Wildman–Crippen MR) is 139 cm³/mol. The van der Waals surface area contributed by atoms with E-state index in [2.05, 4.69) is 35.4 Å². The van der Waals surface area contributed by atoms with Crippen LogP contribution in [0.15, 0.2) is 70.4 Å². The summed E-state index contributed by atoms with van der Waals surface area (Å²) in [6.45, 7) is 8.60. The van der Waals surface area contributed by atoms with Crippen LogP contribution in [0, 0.1) is 6.92 Å². The summed E-state index contributed by atoms with van der Waals surface area (Å²) in [5, 5.41) is 12.3. The van der Waals surface area contributed by atoms with Crippen molar-refractivity contribution in [1.29, 1.82) is 0 Å². The van der Waals surface area contributed by atoms with Crippen molar-refractivity contribution in [2.75, 3.05) is 12.4 Å². The van der Waals surface area contributed by atoms with Gasteiger partial charge in [0.05, 0.1) is 25.2 Å². The Bertz CT molecular complexity index is 1280. The molecule has 4 rings (SSSR count). The molecule has 0 aliphatic rings. The van der Waals surface area contributed by atoms with Crippen LogP contribution >= 0.6 is 11.8 Å². The molecule has 35 heavy (non-hydrogen) atoms. The normalized spacial score (nSPS) is 12.1. The van der Waals surface area contributed by atoms with E-state index in [9.17, 15) is 4.79 Å². The fourth-order valence-electron chi connectivity index (χ4n) is 3.81. The highest BCUT2D eigenvalue weighted by atomic mass is 32.2. The molecule has 0 aliphatic carbocycles. The molecule has 0 fully saturated rings. The van der Waals surface area contributed by atoms with Crippen LogP contribution in [0.2, 0.25) is 0 Å². The summed E-state index contributed by atoms with van der Waals surface area (Å²) < 4.78 is 12.8. The van der Waals surface area contributed by atoms with E-state index < -0.39 is 5.25 Å². The third-order valence-corrected chi connectivity index (χ3v) is 6.87. The summed E-state index contributed by atoms with van der Waals surface area (Å²) in [5.41, 5.74) is 3.95. The maximum absolute atomic E-state index is 13.2. The fourth-order valence-corrected chi connectivity index (χ4v) is 4.66. The first kappa shape index (κ1) is 24.6. The Morgan fingerprint density at radius 3 is 2.51 bits per heavy atom. The molecule has 0 bridgehead atoms. The fraction of sp³-hybridized carbons (Fsp3) is 0.296. The molecule has 7 nitrogen and oxygen atoms in total. The lowest BCUT2D eigenvalue weighted by molar-refractivity contribution is -0.115. The molecule has 2 heterocycles. The monoisotopic (exact) mass is 490 g/mol. The van der Waals surface area contributed by atoms with E-state index >= 15 is 0 Å². The van der Waals surface area contributed by atoms with Crippen molar-refractivity contribution >= 4 is 23.4 Å². The molecule has 1 unspecified atom stereocenters. The summed E-state index contributed by atoms with van der Waals surface area (Å²) in [4.78, 5) is 13.2. The van der Waals surface area contributed by atoms with E-state index in [4.69, 9.17) is 9.15 Å². The molecule has 2 aromatic carbocycles. The summed E-state index contributed by atoms with van der Waals surface area (Å²) in [6.07, 6.45) is 1.64. The Balaban J connectivity index is 1.59. The number of hydrogen-bond acceptors (Lipinski definition) is 6. The SMILES string of the molecule is COc1ccc(-c2nnc(SC(C)C(=O)Nc3c(C)cccc3C(C)C)n2Cc2ccco2)cc1. The second-order valence-electron chi connectivity index (χ2n) is 8.64. The molecular formula is C27H30N4O3S. The van der Waals surface area contributed by atoms with Crippen molar-refractivity contribution in [2.45, 2.75) is 50.6 Å². The number of carbonyl (C=O) groups is 1. The molecule has 1 atom stereocenters. The minimum atomic E-state index is -0.391. The molecule has 0 saturated carbocycles. The molecular weight excluding hydrogens is 460 g/mol. The standard InChI is InChI=1S/C27H30N4O3S/c1-17(2)23-10-6-8-18(3)24(23)28-26(32)19(4)35-27-30-29-25(20-11-13-21(33-5)14-12-20)31(27)16-22-9-7-15-34-22/h6-15,17,19H,16H2,1-5H3,(H,28,32). The number of nitrogens with one attached hydrogen (secondary N) is 1. The summed E-state index contributed by atoms with van der Waals surface area (Å²) in [6, 6.07) is 17.5. The summed E-state index contributed by atoms with van der Waals surface area (Å²) in [7, 11) is 1.64. The Morgan fingerprint density at radius 1 is 1.09 bits per heavy atom. The number of rotatable bonds is 9. The van der Waals surface area contributed by atoms with Gasteiger partial charge in [-0.2, -0.15) is 0 Å². The molecule has 0 saturated heterocycles. The van der Waals surface area contributed by atoms with Crippen molar-refractivity contribution in [3.8, 4) is 17.1 Å². The molecule has 2 aromatic heterocycles. The lowest BCUT2D eigenvalue weighted by Crippen LogP contribution is -2.24. The highest BCUT2D eigenvalue weighted by molar-refractivity contribution is 8.00. The van der Waals surface area contributed by atoms with Gasteiger partial charge in [-0.25, -0.2) is 0 Å². The average molecular weight is 491 g/mol. The van der Waals surface area contributed by atoms with Crippen LogP contribution in [0.1, 0.15) is 43.6 Å². The second kappa shape index (κ2) is 10.8. The molecule has 182 valence electrons. The number of anilines is 1. The largest absolute Gasteiger partial charge is 0.497 e. The van der Waals surface area contributed by atoms with Gasteiger partial charge in [0.15, 0.2) is 11.0 Å². The van der Waals surface area contributed by atoms with Crippen LogP contribution in [0.4, 0.5) is 5.69 Å². The number of thioether (sulfide) groups is 1. The minimum absolute atomic E-state index is 0.0789. The van der Waals surface area contributed by atoms with Gasteiger partial charge in [0, 0.05) is 11.3 Å². The number of benzene rings is 2. The highest BCUT2D eigenvalue weighted by Crippen LogP contribution is 2.31. The van der Waals surface area contributed by atoms with E-state index in [1.54, 1.807) is 13.4 Å². The molecule has 8 heteroatoms. The van der Waals surface area contributed by atoms with Crippen molar-refractivity contribution in [3.63, 3.8) is 0 Å². The molecule has 0 radical (unpaired) electrons. The van der Waals surface area contributed by atoms with Crippen molar-refractivity contribution in [2.24, 2.45) is 0 Å². The van der Waals surface area contributed by atoms with Gasteiger partial charge in [0.25, 0.3) is 0 Å². The van der Waals surface area contributed by atoms with Crippen LogP contribution in [0.25, 0.3) is 11.4 Å². The van der Waals surface area contributed by atoms with E-state index in [0.717, 1.165) is 33.9 Å². The number of ether oxygens (including phenoxy) is 1. The zero-order chi connectivity index (χ0) is 24.9. The average Bonchev–Trinajstić information content (AvgIpc) is 3.51. The van der Waals surface area contributed by atoms with Gasteiger partial charge in [-0.05, 0) is 67.3 Å². The minimum Gasteiger partial charge on any atom is -0.497 e. The van der Waals surface area contributed by atoms with Crippen LogP contribution in [-0.2, 0) is 11.3 Å². The first-order valence-corrected chi connectivity index (χ1v) is 12.4. The number of amides is 1. The third-order valence-electron chi connectivity index (χ3n) is 5.79. The Hall–Kier alpha value is -3.52. The number of nitrogens with zero attached hydrogens (tertiary/aromatic N) is 3. The van der Waals surface area contributed by atoms with Crippen LogP contribution in [0.5, 0.6) is 5.75 Å². The first-order valence-electron chi connectivity index (χ1n) is 11.5. The lowest BCUT2D eigenvalue weighted by Gasteiger charge is -2.18. The number of methoxy groups -OCH3 is 1. The number of para-hydroxylation sites is 1. The van der Waals surface area contributed by atoms with Gasteiger partial charge in [-0.1, -0.05) is 43.8 Å². The highest BCUT2D eigenvalue weighted by Gasteiger charge is 2.23. The van der Waals surface area contributed by atoms with Gasteiger partial charge in [0.2, 0.25) is 5.91 Å². The van der Waals surface area contributed by atoms with Gasteiger partial charge >= 0.3 is 0 Å². The Morgan fingerprint density at radius 2 is 1.86 bits per heavy atom. The van der Waals surface area contributed by atoms with Crippen molar-refractivity contribution in [3.05, 3.63) is 77.7 Å². The number of furan rings is 1. The first-order chi connectivity index (χ1) is 16.9. The Labute approximate surface area is 209 Å². The molecule has 0 spiro atoms. The van der Waals surface area contributed by atoms with Gasteiger partial charge in [-0.15, -0.1) is 10.2 Å².